The van der Waals surface area contributed by atoms with Crippen LogP contribution in [-0.2, 0) is 0 Å². The maximum Gasteiger partial charge on any atom is 0.147 e. The molecular formula is C40H20N8. The Labute approximate surface area is 270 Å². The van der Waals surface area contributed by atoms with E-state index in [0.717, 1.165) is 110 Å². The standard InChI is InChI=1S/C40H20N8/c1-3-9-21(10-4-1)29-30(22-11-5-2-6-12-22)46-34-28-24-16-20-42-32-26-14-8-18-44-40(26)48(36(24)32)38(28)37-27(33(34)45-29)23-15-19-41-31-25-13-7-17-43-39(25)47(37)35(23)31/h1-20H. The first-order valence-electron chi connectivity index (χ1n) is 15.9. The van der Waals surface area contributed by atoms with E-state index < -0.39 is 0 Å². The van der Waals surface area contributed by atoms with Crippen molar-refractivity contribution in [3.63, 3.8) is 0 Å². The minimum atomic E-state index is 0.839. The van der Waals surface area contributed by atoms with E-state index in [1.807, 2.05) is 49.1 Å². The maximum absolute atomic E-state index is 5.62. The monoisotopic (exact) mass is 612 g/mol. The fourth-order valence-electron chi connectivity index (χ4n) is 8.11. The average molecular weight is 613 g/mol. The third kappa shape index (κ3) is 2.79. The molecule has 48 heavy (non-hydrogen) atoms. The maximum atomic E-state index is 5.62. The number of hydrogen-bond acceptors (Lipinski definition) is 6. The predicted molar refractivity (Wildman–Crippen MR) is 191 cm³/mol. The number of benzene rings is 3. The topological polar surface area (TPSA) is 86.2 Å². The SMILES string of the molecule is c1ccc(-c2nc3c(nc2-c2ccccc2)c2c4ccnc5c6cccnc6n(c45)c2c2c3c3ccnc4c5cccnc5n2c34)cc1. The second kappa shape index (κ2) is 8.51. The molecule has 0 aliphatic heterocycles. The Kier molecular flexibility index (Phi) is 4.33. The fourth-order valence-corrected chi connectivity index (χ4v) is 8.11. The molecule has 0 fully saturated rings. The summed E-state index contributed by atoms with van der Waals surface area (Å²) in [4.78, 5) is 30.9. The van der Waals surface area contributed by atoms with Gasteiger partial charge in [0, 0.05) is 68.2 Å². The Bertz CT molecular complexity index is 3050. The van der Waals surface area contributed by atoms with E-state index >= 15 is 0 Å². The predicted octanol–water partition coefficient (Wildman–Crippen LogP) is 8.84. The molecule has 0 saturated heterocycles. The van der Waals surface area contributed by atoms with Crippen molar-refractivity contribution in [2.45, 2.75) is 0 Å². The number of aromatic nitrogens is 8. The van der Waals surface area contributed by atoms with Gasteiger partial charge in [-0.25, -0.2) is 19.9 Å². The van der Waals surface area contributed by atoms with Crippen LogP contribution in [0.4, 0.5) is 0 Å². The summed E-state index contributed by atoms with van der Waals surface area (Å²) in [5, 5.41) is 6.21. The summed E-state index contributed by atoms with van der Waals surface area (Å²) in [6.07, 6.45) is 7.51. The van der Waals surface area contributed by atoms with Crippen LogP contribution in [0, 0.1) is 0 Å². The van der Waals surface area contributed by atoms with Crippen molar-refractivity contribution in [1.82, 2.24) is 38.7 Å². The number of hydrogen-bond donors (Lipinski definition) is 0. The molecule has 12 rings (SSSR count). The summed E-state index contributed by atoms with van der Waals surface area (Å²) < 4.78 is 4.57. The molecule has 0 saturated carbocycles. The molecule has 8 heteroatoms. The molecule has 0 unspecified atom stereocenters. The number of fused-ring (bicyclic) bond motifs is 16. The minimum absolute atomic E-state index is 0.839. The average Bonchev–Trinajstić information content (AvgIpc) is 3.89. The fraction of sp³-hybridized carbons (Fsp3) is 0. The number of rotatable bonds is 2. The second-order valence-electron chi connectivity index (χ2n) is 12.3. The van der Waals surface area contributed by atoms with Crippen LogP contribution in [0.5, 0.6) is 0 Å². The first kappa shape index (κ1) is 24.4. The van der Waals surface area contributed by atoms with Crippen LogP contribution in [-0.4, -0.2) is 38.7 Å². The first-order chi connectivity index (χ1) is 23.9. The van der Waals surface area contributed by atoms with E-state index in [-0.39, 0.29) is 0 Å². The van der Waals surface area contributed by atoms with Gasteiger partial charge in [0.05, 0.1) is 44.5 Å². The van der Waals surface area contributed by atoms with Crippen molar-refractivity contribution in [1.29, 1.82) is 0 Å². The Hall–Kier alpha value is -6.80. The highest BCUT2D eigenvalue weighted by molar-refractivity contribution is 6.39. The number of nitrogens with zero attached hydrogens (tertiary/aromatic N) is 8. The van der Waals surface area contributed by atoms with Crippen LogP contribution < -0.4 is 0 Å². The third-order valence-corrected chi connectivity index (χ3v) is 9.95. The molecule has 9 heterocycles. The highest BCUT2D eigenvalue weighted by Gasteiger charge is 2.30. The van der Waals surface area contributed by atoms with Gasteiger partial charge in [0.25, 0.3) is 0 Å². The summed E-state index contributed by atoms with van der Waals surface area (Å²) in [5.74, 6) is 0. The molecule has 12 aromatic rings. The van der Waals surface area contributed by atoms with Gasteiger partial charge in [-0.1, -0.05) is 60.7 Å². The van der Waals surface area contributed by atoms with E-state index in [2.05, 4.69) is 81.6 Å². The van der Waals surface area contributed by atoms with Gasteiger partial charge in [-0.2, -0.15) is 0 Å². The van der Waals surface area contributed by atoms with Gasteiger partial charge in [0.1, 0.15) is 22.3 Å². The molecule has 9 aromatic heterocycles. The van der Waals surface area contributed by atoms with Crippen molar-refractivity contribution in [3.8, 4) is 22.5 Å². The summed E-state index contributed by atoms with van der Waals surface area (Å²) >= 11 is 0. The molecule has 0 aliphatic carbocycles. The molecule has 0 radical (unpaired) electrons. The van der Waals surface area contributed by atoms with Crippen LogP contribution >= 0.6 is 0 Å². The molecule has 0 spiro atoms. The Morgan fingerprint density at radius 1 is 0.354 bits per heavy atom. The molecular weight excluding hydrogens is 592 g/mol. The molecule has 0 bridgehead atoms. The van der Waals surface area contributed by atoms with E-state index in [0.29, 0.717) is 0 Å². The Morgan fingerprint density at radius 2 is 0.812 bits per heavy atom. The van der Waals surface area contributed by atoms with Gasteiger partial charge in [-0.3, -0.25) is 18.8 Å². The van der Waals surface area contributed by atoms with Crippen molar-refractivity contribution >= 4 is 87.7 Å². The molecule has 3 aromatic carbocycles. The molecule has 0 atom stereocenters. The van der Waals surface area contributed by atoms with E-state index in [1.54, 1.807) is 0 Å². The normalized spacial score (nSPS) is 12.6. The summed E-state index contributed by atoms with van der Waals surface area (Å²) in [5.41, 5.74) is 13.0. The van der Waals surface area contributed by atoms with Crippen LogP contribution in [0.2, 0.25) is 0 Å². The third-order valence-electron chi connectivity index (χ3n) is 9.95. The lowest BCUT2D eigenvalue weighted by molar-refractivity contribution is 1.24. The summed E-state index contributed by atoms with van der Waals surface area (Å²) in [6, 6.07) is 33.1. The van der Waals surface area contributed by atoms with E-state index in [1.165, 1.54) is 0 Å². The van der Waals surface area contributed by atoms with Crippen molar-refractivity contribution in [3.05, 3.63) is 122 Å². The highest BCUT2D eigenvalue weighted by Crippen LogP contribution is 2.48. The summed E-state index contributed by atoms with van der Waals surface area (Å²) in [7, 11) is 0. The Morgan fingerprint density at radius 3 is 1.27 bits per heavy atom. The molecule has 0 aliphatic rings. The van der Waals surface area contributed by atoms with Crippen LogP contribution in [0.1, 0.15) is 0 Å². The zero-order valence-corrected chi connectivity index (χ0v) is 25.1. The lowest BCUT2D eigenvalue weighted by Crippen LogP contribution is -1.98. The van der Waals surface area contributed by atoms with Crippen LogP contribution in [0.25, 0.3) is 110 Å². The van der Waals surface area contributed by atoms with Crippen molar-refractivity contribution in [2.24, 2.45) is 0 Å². The molecule has 220 valence electrons. The van der Waals surface area contributed by atoms with Crippen LogP contribution in [0.3, 0.4) is 0 Å². The minimum Gasteiger partial charge on any atom is -0.289 e. The van der Waals surface area contributed by atoms with Gasteiger partial charge in [-0.05, 0) is 36.4 Å². The zero-order valence-electron chi connectivity index (χ0n) is 25.1. The first-order valence-corrected chi connectivity index (χ1v) is 15.9. The van der Waals surface area contributed by atoms with Gasteiger partial charge in [0.15, 0.2) is 0 Å². The van der Waals surface area contributed by atoms with Crippen LogP contribution in [0.15, 0.2) is 122 Å². The van der Waals surface area contributed by atoms with Gasteiger partial charge in [0.2, 0.25) is 0 Å². The molecule has 0 amide bonds. The largest absolute Gasteiger partial charge is 0.289 e. The lowest BCUT2D eigenvalue weighted by Gasteiger charge is -2.13. The molecule has 0 N–H and O–H groups in total. The zero-order chi connectivity index (χ0) is 31.1. The van der Waals surface area contributed by atoms with E-state index in [9.17, 15) is 0 Å². The van der Waals surface area contributed by atoms with E-state index in [4.69, 9.17) is 29.9 Å². The van der Waals surface area contributed by atoms with Gasteiger partial charge >= 0.3 is 0 Å². The second-order valence-corrected chi connectivity index (χ2v) is 12.3. The Balaban J connectivity index is 1.45. The summed E-state index contributed by atoms with van der Waals surface area (Å²) in [6.45, 7) is 0. The van der Waals surface area contributed by atoms with Gasteiger partial charge < -0.3 is 0 Å². The highest BCUT2D eigenvalue weighted by atomic mass is 15.1. The van der Waals surface area contributed by atoms with Crippen molar-refractivity contribution in [2.75, 3.05) is 0 Å². The van der Waals surface area contributed by atoms with Crippen molar-refractivity contribution < 1.29 is 0 Å². The quantitative estimate of drug-likeness (QED) is 0.194. The number of pyridine rings is 4. The smallest absolute Gasteiger partial charge is 0.147 e. The molecule has 8 nitrogen and oxygen atoms in total. The lowest BCUT2D eigenvalue weighted by atomic mass is 10.0. The van der Waals surface area contributed by atoms with Gasteiger partial charge in [-0.15, -0.1) is 0 Å².